The van der Waals surface area contributed by atoms with Gasteiger partial charge < -0.3 is 14.8 Å². The van der Waals surface area contributed by atoms with Crippen LogP contribution in [0.15, 0.2) is 55.1 Å². The summed E-state index contributed by atoms with van der Waals surface area (Å²) >= 11 is 0. The summed E-state index contributed by atoms with van der Waals surface area (Å²) in [7, 11) is 3.18. The number of amides is 1. The number of hydrogen-bond donors (Lipinski definition) is 1. The predicted octanol–water partition coefficient (Wildman–Crippen LogP) is 4.00. The zero-order valence-corrected chi connectivity index (χ0v) is 17.3. The van der Waals surface area contributed by atoms with E-state index in [1.807, 2.05) is 12.1 Å². The van der Waals surface area contributed by atoms with E-state index in [1.54, 1.807) is 26.4 Å². The Morgan fingerprint density at radius 3 is 2.52 bits per heavy atom. The monoisotopic (exact) mass is 394 g/mol. The molecule has 0 saturated carbocycles. The molecule has 1 aliphatic rings. The Hall–Kier alpha value is -2.79. The van der Waals surface area contributed by atoms with E-state index < -0.39 is 0 Å². The SMILES string of the molecule is C=CCc1cc(C(=O)NCC(c2ccccc2)N2CCCC2)cc(OC)c1OC. The summed E-state index contributed by atoms with van der Waals surface area (Å²) in [6.45, 7) is 6.49. The smallest absolute Gasteiger partial charge is 0.251 e. The van der Waals surface area contributed by atoms with Crippen LogP contribution < -0.4 is 14.8 Å². The van der Waals surface area contributed by atoms with Crippen LogP contribution in [0.4, 0.5) is 0 Å². The summed E-state index contributed by atoms with van der Waals surface area (Å²) in [5.74, 6) is 1.08. The third-order valence-corrected chi connectivity index (χ3v) is 5.40. The van der Waals surface area contributed by atoms with Crippen molar-refractivity contribution < 1.29 is 14.3 Å². The molecule has 1 saturated heterocycles. The van der Waals surface area contributed by atoms with Gasteiger partial charge in [-0.2, -0.15) is 0 Å². The molecule has 1 fully saturated rings. The van der Waals surface area contributed by atoms with Gasteiger partial charge in [-0.1, -0.05) is 36.4 Å². The number of nitrogens with zero attached hydrogens (tertiary/aromatic N) is 1. The lowest BCUT2D eigenvalue weighted by Crippen LogP contribution is -2.36. The minimum atomic E-state index is -0.114. The van der Waals surface area contributed by atoms with Gasteiger partial charge in [0.25, 0.3) is 5.91 Å². The van der Waals surface area contributed by atoms with Gasteiger partial charge in [-0.15, -0.1) is 6.58 Å². The number of benzene rings is 2. The molecule has 29 heavy (non-hydrogen) atoms. The summed E-state index contributed by atoms with van der Waals surface area (Å²) in [6, 6.07) is 14.2. The molecular formula is C24H30N2O3. The second kappa shape index (κ2) is 10.1. The lowest BCUT2D eigenvalue weighted by molar-refractivity contribution is 0.0937. The lowest BCUT2D eigenvalue weighted by Gasteiger charge is -2.28. The fourth-order valence-electron chi connectivity index (χ4n) is 3.96. The van der Waals surface area contributed by atoms with Gasteiger partial charge in [0.2, 0.25) is 0 Å². The number of carbonyl (C=O) groups is 1. The molecule has 0 aromatic heterocycles. The van der Waals surface area contributed by atoms with Crippen LogP contribution in [0.25, 0.3) is 0 Å². The maximum absolute atomic E-state index is 13.0. The van der Waals surface area contributed by atoms with Crippen molar-refractivity contribution in [2.45, 2.75) is 25.3 Å². The van der Waals surface area contributed by atoms with E-state index in [1.165, 1.54) is 18.4 Å². The van der Waals surface area contributed by atoms with Gasteiger partial charge in [0.1, 0.15) is 0 Å². The molecule has 154 valence electrons. The molecule has 3 rings (SSSR count). The van der Waals surface area contributed by atoms with Gasteiger partial charge in [-0.05, 0) is 50.0 Å². The minimum absolute atomic E-state index is 0.114. The summed E-state index contributed by atoms with van der Waals surface area (Å²) in [5.41, 5.74) is 2.67. The second-order valence-electron chi connectivity index (χ2n) is 7.24. The average Bonchev–Trinajstić information content (AvgIpc) is 3.28. The number of rotatable bonds is 9. The number of methoxy groups -OCH3 is 2. The van der Waals surface area contributed by atoms with Gasteiger partial charge in [0.15, 0.2) is 11.5 Å². The van der Waals surface area contributed by atoms with Crippen molar-refractivity contribution in [1.82, 2.24) is 10.2 Å². The summed E-state index contributed by atoms with van der Waals surface area (Å²) in [5, 5.41) is 3.13. The van der Waals surface area contributed by atoms with Crippen LogP contribution in [0.5, 0.6) is 11.5 Å². The van der Waals surface area contributed by atoms with Gasteiger partial charge in [-0.25, -0.2) is 0 Å². The molecule has 1 heterocycles. The fraction of sp³-hybridized carbons (Fsp3) is 0.375. The molecule has 1 atom stereocenters. The van der Waals surface area contributed by atoms with E-state index >= 15 is 0 Å². The number of carbonyl (C=O) groups excluding carboxylic acids is 1. The van der Waals surface area contributed by atoms with Crippen LogP contribution in [0.2, 0.25) is 0 Å². The zero-order chi connectivity index (χ0) is 20.6. The van der Waals surface area contributed by atoms with E-state index in [0.717, 1.165) is 18.7 Å². The van der Waals surface area contributed by atoms with Crippen molar-refractivity contribution in [2.75, 3.05) is 33.9 Å². The number of likely N-dealkylation sites (tertiary alicyclic amines) is 1. The van der Waals surface area contributed by atoms with Crippen LogP contribution in [-0.4, -0.2) is 44.7 Å². The van der Waals surface area contributed by atoms with Crippen molar-refractivity contribution in [3.63, 3.8) is 0 Å². The van der Waals surface area contributed by atoms with Crippen LogP contribution in [-0.2, 0) is 6.42 Å². The molecule has 1 unspecified atom stereocenters. The molecule has 0 spiro atoms. The molecule has 1 aliphatic heterocycles. The summed E-state index contributed by atoms with van der Waals surface area (Å²) in [6.07, 6.45) is 4.80. The van der Waals surface area contributed by atoms with Crippen molar-refractivity contribution in [3.8, 4) is 11.5 Å². The highest BCUT2D eigenvalue weighted by Crippen LogP contribution is 2.33. The number of ether oxygens (including phenoxy) is 2. The molecule has 5 nitrogen and oxygen atoms in total. The third-order valence-electron chi connectivity index (χ3n) is 5.40. The molecular weight excluding hydrogens is 364 g/mol. The maximum atomic E-state index is 13.0. The van der Waals surface area contributed by atoms with Gasteiger partial charge >= 0.3 is 0 Å². The van der Waals surface area contributed by atoms with E-state index in [0.29, 0.717) is 30.0 Å². The zero-order valence-electron chi connectivity index (χ0n) is 17.3. The van der Waals surface area contributed by atoms with Crippen LogP contribution in [0, 0.1) is 0 Å². The Kier molecular flexibility index (Phi) is 7.30. The molecule has 0 bridgehead atoms. The quantitative estimate of drug-likeness (QED) is 0.653. The number of allylic oxidation sites excluding steroid dienone is 1. The van der Waals surface area contributed by atoms with Gasteiger partial charge in [0, 0.05) is 17.7 Å². The Bertz CT molecular complexity index is 830. The van der Waals surface area contributed by atoms with Gasteiger partial charge in [0.05, 0.1) is 20.3 Å². The number of nitrogens with one attached hydrogen (secondary N) is 1. The highest BCUT2D eigenvalue weighted by Gasteiger charge is 2.24. The Morgan fingerprint density at radius 2 is 1.90 bits per heavy atom. The van der Waals surface area contributed by atoms with E-state index in [-0.39, 0.29) is 11.9 Å². The second-order valence-corrected chi connectivity index (χ2v) is 7.24. The first-order chi connectivity index (χ1) is 14.2. The third kappa shape index (κ3) is 4.98. The van der Waals surface area contributed by atoms with Gasteiger partial charge in [-0.3, -0.25) is 9.69 Å². The maximum Gasteiger partial charge on any atom is 0.251 e. The number of hydrogen-bond acceptors (Lipinski definition) is 4. The Morgan fingerprint density at radius 1 is 1.17 bits per heavy atom. The standard InChI is InChI=1S/C24H30N2O3/c1-4-10-19-15-20(16-22(28-2)23(19)29-3)24(27)25-17-21(26-13-8-9-14-26)18-11-6-5-7-12-18/h4-7,11-12,15-16,21H,1,8-10,13-14,17H2,2-3H3,(H,25,27). The van der Waals surface area contributed by atoms with E-state index in [2.05, 4.69) is 41.1 Å². The molecule has 2 aromatic rings. The van der Waals surface area contributed by atoms with Crippen LogP contribution in [0.1, 0.15) is 40.4 Å². The Balaban J connectivity index is 1.79. The highest BCUT2D eigenvalue weighted by molar-refractivity contribution is 5.95. The molecule has 1 amide bonds. The minimum Gasteiger partial charge on any atom is -0.493 e. The Labute approximate surface area is 173 Å². The van der Waals surface area contributed by atoms with Crippen molar-refractivity contribution in [3.05, 3.63) is 71.8 Å². The van der Waals surface area contributed by atoms with Crippen LogP contribution in [0.3, 0.4) is 0 Å². The van der Waals surface area contributed by atoms with Crippen molar-refractivity contribution in [1.29, 1.82) is 0 Å². The van der Waals surface area contributed by atoms with Crippen molar-refractivity contribution in [2.24, 2.45) is 0 Å². The average molecular weight is 395 g/mol. The highest BCUT2D eigenvalue weighted by atomic mass is 16.5. The van der Waals surface area contributed by atoms with Crippen molar-refractivity contribution >= 4 is 5.91 Å². The molecule has 0 aliphatic carbocycles. The molecule has 0 radical (unpaired) electrons. The normalized spacial score (nSPS) is 15.0. The van der Waals surface area contributed by atoms with E-state index in [4.69, 9.17) is 9.47 Å². The molecule has 1 N–H and O–H groups in total. The summed E-state index contributed by atoms with van der Waals surface area (Å²) in [4.78, 5) is 15.4. The first kappa shape index (κ1) is 20.9. The molecule has 5 heteroatoms. The predicted molar refractivity (Wildman–Crippen MR) is 116 cm³/mol. The summed E-state index contributed by atoms with van der Waals surface area (Å²) < 4.78 is 10.9. The van der Waals surface area contributed by atoms with E-state index in [9.17, 15) is 4.79 Å². The topological polar surface area (TPSA) is 50.8 Å². The first-order valence-electron chi connectivity index (χ1n) is 10.1. The lowest BCUT2D eigenvalue weighted by atomic mass is 10.0. The molecule has 2 aromatic carbocycles. The fourth-order valence-corrected chi connectivity index (χ4v) is 3.96. The first-order valence-corrected chi connectivity index (χ1v) is 10.1. The largest absolute Gasteiger partial charge is 0.493 e. The van der Waals surface area contributed by atoms with Crippen LogP contribution >= 0.6 is 0 Å².